The molecule has 0 saturated heterocycles. The van der Waals surface area contributed by atoms with Gasteiger partial charge < -0.3 is 10.1 Å². The zero-order valence-corrected chi connectivity index (χ0v) is 13.7. The average Bonchev–Trinajstić information content (AvgIpc) is 2.48. The van der Waals surface area contributed by atoms with Crippen LogP contribution < -0.4 is 10.1 Å². The van der Waals surface area contributed by atoms with Crippen molar-refractivity contribution in [2.75, 3.05) is 13.2 Å². The second-order valence-electron chi connectivity index (χ2n) is 5.68. The van der Waals surface area contributed by atoms with Crippen LogP contribution >= 0.6 is 0 Å². The molecule has 1 amide bonds. The third kappa shape index (κ3) is 4.10. The highest BCUT2D eigenvalue weighted by Gasteiger charge is 2.06. The molecular formula is C19H23NO2. The van der Waals surface area contributed by atoms with E-state index in [1.807, 2.05) is 44.2 Å². The Morgan fingerprint density at radius 1 is 1.00 bits per heavy atom. The van der Waals surface area contributed by atoms with Gasteiger partial charge in [-0.05, 0) is 62.6 Å². The molecule has 116 valence electrons. The molecule has 3 heteroatoms. The molecule has 0 radical (unpaired) electrons. The number of ether oxygens (including phenoxy) is 1. The van der Waals surface area contributed by atoms with Gasteiger partial charge in [0.25, 0.3) is 5.91 Å². The summed E-state index contributed by atoms with van der Waals surface area (Å²) in [5, 5.41) is 2.88. The monoisotopic (exact) mass is 297 g/mol. The first kappa shape index (κ1) is 16.1. The van der Waals surface area contributed by atoms with E-state index in [1.54, 1.807) is 0 Å². The number of hydrogen-bond acceptors (Lipinski definition) is 2. The van der Waals surface area contributed by atoms with E-state index in [1.165, 1.54) is 11.1 Å². The van der Waals surface area contributed by atoms with Crippen molar-refractivity contribution >= 4 is 5.91 Å². The highest BCUT2D eigenvalue weighted by molar-refractivity contribution is 5.94. The van der Waals surface area contributed by atoms with Crippen molar-refractivity contribution in [2.24, 2.45) is 0 Å². The third-order valence-electron chi connectivity index (χ3n) is 3.72. The predicted octanol–water partition coefficient (Wildman–Crippen LogP) is 3.73. The normalized spacial score (nSPS) is 10.4. The van der Waals surface area contributed by atoms with E-state index in [2.05, 4.69) is 25.2 Å². The van der Waals surface area contributed by atoms with Gasteiger partial charge in [-0.2, -0.15) is 0 Å². The van der Waals surface area contributed by atoms with Gasteiger partial charge in [0.1, 0.15) is 12.4 Å². The number of carbonyl (C=O) groups excluding carboxylic acids is 1. The van der Waals surface area contributed by atoms with Gasteiger partial charge in [0.05, 0.1) is 6.54 Å². The quantitative estimate of drug-likeness (QED) is 0.854. The van der Waals surface area contributed by atoms with Crippen molar-refractivity contribution in [3.05, 3.63) is 64.2 Å². The maximum atomic E-state index is 12.0. The molecule has 0 bridgehead atoms. The Kier molecular flexibility index (Phi) is 5.21. The van der Waals surface area contributed by atoms with Gasteiger partial charge in [0.15, 0.2) is 0 Å². The summed E-state index contributed by atoms with van der Waals surface area (Å²) in [5.41, 5.74) is 5.35. The number of aryl methyl sites for hydroxylation is 4. The van der Waals surface area contributed by atoms with E-state index in [9.17, 15) is 4.79 Å². The fourth-order valence-electron chi connectivity index (χ4n) is 2.30. The Morgan fingerprint density at radius 2 is 1.73 bits per heavy atom. The molecule has 0 heterocycles. The molecule has 0 aliphatic heterocycles. The van der Waals surface area contributed by atoms with Crippen LogP contribution in [-0.2, 0) is 0 Å². The maximum absolute atomic E-state index is 12.0. The largest absolute Gasteiger partial charge is 0.491 e. The van der Waals surface area contributed by atoms with Gasteiger partial charge >= 0.3 is 0 Å². The van der Waals surface area contributed by atoms with Gasteiger partial charge in [0, 0.05) is 5.56 Å². The lowest BCUT2D eigenvalue weighted by atomic mass is 10.1. The predicted molar refractivity (Wildman–Crippen MR) is 89.7 cm³/mol. The Hall–Kier alpha value is -2.29. The minimum absolute atomic E-state index is 0.0656. The van der Waals surface area contributed by atoms with Crippen LogP contribution in [0.25, 0.3) is 0 Å². The number of amides is 1. The Balaban J connectivity index is 1.85. The summed E-state index contributed by atoms with van der Waals surface area (Å²) >= 11 is 0. The van der Waals surface area contributed by atoms with Crippen molar-refractivity contribution in [1.82, 2.24) is 5.32 Å². The molecule has 0 unspecified atom stereocenters. The molecule has 3 nitrogen and oxygen atoms in total. The lowest BCUT2D eigenvalue weighted by molar-refractivity contribution is 0.0947. The fourth-order valence-corrected chi connectivity index (χ4v) is 2.30. The van der Waals surface area contributed by atoms with Crippen LogP contribution in [0.15, 0.2) is 36.4 Å². The molecule has 0 fully saturated rings. The Bertz CT molecular complexity index is 677. The summed E-state index contributed by atoms with van der Waals surface area (Å²) in [7, 11) is 0. The minimum Gasteiger partial charge on any atom is -0.491 e. The van der Waals surface area contributed by atoms with Crippen LogP contribution in [-0.4, -0.2) is 19.1 Å². The molecule has 0 aliphatic rings. The van der Waals surface area contributed by atoms with Crippen molar-refractivity contribution < 1.29 is 9.53 Å². The summed E-state index contributed by atoms with van der Waals surface area (Å²) in [4.78, 5) is 12.0. The third-order valence-corrected chi connectivity index (χ3v) is 3.72. The summed E-state index contributed by atoms with van der Waals surface area (Å²) in [6.45, 7) is 9.12. The van der Waals surface area contributed by atoms with Crippen molar-refractivity contribution in [1.29, 1.82) is 0 Å². The minimum atomic E-state index is -0.0656. The topological polar surface area (TPSA) is 38.3 Å². The number of nitrogens with one attached hydrogen (secondary N) is 1. The molecule has 0 atom stereocenters. The molecular weight excluding hydrogens is 274 g/mol. The molecule has 1 N–H and O–H groups in total. The highest BCUT2D eigenvalue weighted by Crippen LogP contribution is 2.22. The lowest BCUT2D eigenvalue weighted by Gasteiger charge is -2.12. The highest BCUT2D eigenvalue weighted by atomic mass is 16.5. The number of carbonyl (C=O) groups is 1. The first-order chi connectivity index (χ1) is 10.5. The van der Waals surface area contributed by atoms with E-state index in [4.69, 9.17) is 4.74 Å². The Labute approximate surface area is 132 Å². The lowest BCUT2D eigenvalue weighted by Crippen LogP contribution is -2.28. The first-order valence-electron chi connectivity index (χ1n) is 7.53. The van der Waals surface area contributed by atoms with Crippen LogP contribution in [0.4, 0.5) is 0 Å². The van der Waals surface area contributed by atoms with Crippen molar-refractivity contribution in [3.8, 4) is 5.75 Å². The first-order valence-corrected chi connectivity index (χ1v) is 7.53. The van der Waals surface area contributed by atoms with Gasteiger partial charge in [-0.1, -0.05) is 23.8 Å². The second-order valence-corrected chi connectivity index (χ2v) is 5.68. The van der Waals surface area contributed by atoms with Crippen LogP contribution in [0.2, 0.25) is 0 Å². The SMILES string of the molecule is Cc1cccc(C(=O)NCCOc2cc(C)c(C)cc2C)c1. The molecule has 2 aromatic carbocycles. The second kappa shape index (κ2) is 7.12. The van der Waals surface area contributed by atoms with Gasteiger partial charge in [-0.15, -0.1) is 0 Å². The van der Waals surface area contributed by atoms with E-state index >= 15 is 0 Å². The zero-order valence-electron chi connectivity index (χ0n) is 13.7. The van der Waals surface area contributed by atoms with Gasteiger partial charge in [-0.25, -0.2) is 0 Å². The molecule has 2 rings (SSSR count). The summed E-state index contributed by atoms with van der Waals surface area (Å²) in [6, 6.07) is 11.7. The van der Waals surface area contributed by atoms with Crippen LogP contribution in [0.1, 0.15) is 32.6 Å². The van der Waals surface area contributed by atoms with Gasteiger partial charge in [-0.3, -0.25) is 4.79 Å². The zero-order chi connectivity index (χ0) is 16.1. The van der Waals surface area contributed by atoms with Crippen LogP contribution in [0.5, 0.6) is 5.75 Å². The number of benzene rings is 2. The van der Waals surface area contributed by atoms with E-state index in [0.29, 0.717) is 18.7 Å². The number of hydrogen-bond donors (Lipinski definition) is 1. The standard InChI is InChI=1S/C19H23NO2/c1-13-6-5-7-17(10-13)19(21)20-8-9-22-18-12-15(3)14(2)11-16(18)4/h5-7,10-12H,8-9H2,1-4H3,(H,20,21). The summed E-state index contributed by atoms with van der Waals surface area (Å²) in [6.07, 6.45) is 0. The van der Waals surface area contributed by atoms with Crippen LogP contribution in [0, 0.1) is 27.7 Å². The summed E-state index contributed by atoms with van der Waals surface area (Å²) in [5.74, 6) is 0.817. The summed E-state index contributed by atoms with van der Waals surface area (Å²) < 4.78 is 5.77. The molecule has 0 spiro atoms. The maximum Gasteiger partial charge on any atom is 0.251 e. The van der Waals surface area contributed by atoms with Crippen LogP contribution in [0.3, 0.4) is 0 Å². The molecule has 0 aliphatic carbocycles. The molecule has 0 aromatic heterocycles. The van der Waals surface area contributed by atoms with Crippen molar-refractivity contribution in [2.45, 2.75) is 27.7 Å². The van der Waals surface area contributed by atoms with E-state index in [-0.39, 0.29) is 5.91 Å². The molecule has 22 heavy (non-hydrogen) atoms. The number of rotatable bonds is 5. The van der Waals surface area contributed by atoms with Gasteiger partial charge in [0.2, 0.25) is 0 Å². The molecule has 2 aromatic rings. The fraction of sp³-hybridized carbons (Fsp3) is 0.316. The van der Waals surface area contributed by atoms with E-state index in [0.717, 1.165) is 16.9 Å². The van der Waals surface area contributed by atoms with Crippen molar-refractivity contribution in [3.63, 3.8) is 0 Å². The molecule has 0 saturated carbocycles. The van der Waals surface area contributed by atoms with E-state index < -0.39 is 0 Å². The Morgan fingerprint density at radius 3 is 2.45 bits per heavy atom. The average molecular weight is 297 g/mol. The smallest absolute Gasteiger partial charge is 0.251 e.